The van der Waals surface area contributed by atoms with Gasteiger partial charge in [-0.3, -0.25) is 19.7 Å². The zero-order valence-corrected chi connectivity index (χ0v) is 18.9. The van der Waals surface area contributed by atoms with E-state index in [0.29, 0.717) is 18.5 Å². The van der Waals surface area contributed by atoms with Crippen LogP contribution in [-0.4, -0.2) is 86.4 Å². The standard InChI is InChI=1S/C19H22N6O3.C2HF3O2/c1-23(2)8-7-13-11-25(22-21-13)14-4-3-12-10-24(19(28)15(12)9-14)16-5-6-17(26)20-18(16)27;3-2(4,5)1(6)7/h3-4,9,11,16H,5-8,10H2,1-2H3,(H,20,26,27);(H,6,7). The Bertz CT molecular complexity index is 1150. The van der Waals surface area contributed by atoms with Gasteiger partial charge in [0.1, 0.15) is 6.04 Å². The fraction of sp³-hybridized carbons (Fsp3) is 0.429. The maximum absolute atomic E-state index is 12.9. The predicted octanol–water partition coefficient (Wildman–Crippen LogP) is 0.766. The molecule has 2 aromatic rings. The predicted molar refractivity (Wildman–Crippen MR) is 113 cm³/mol. The van der Waals surface area contributed by atoms with Crippen molar-refractivity contribution in [1.82, 2.24) is 30.1 Å². The van der Waals surface area contributed by atoms with E-state index in [1.807, 2.05) is 32.4 Å². The van der Waals surface area contributed by atoms with E-state index in [-0.39, 0.29) is 18.2 Å². The molecule has 2 aliphatic rings. The number of nitrogens with zero attached hydrogens (tertiary/aromatic N) is 5. The van der Waals surface area contributed by atoms with E-state index >= 15 is 0 Å². The molecule has 14 heteroatoms. The first-order valence-electron chi connectivity index (χ1n) is 10.5. The first-order valence-corrected chi connectivity index (χ1v) is 10.5. The van der Waals surface area contributed by atoms with E-state index in [1.54, 1.807) is 15.6 Å². The Morgan fingerprint density at radius 1 is 1.26 bits per heavy atom. The lowest BCUT2D eigenvalue weighted by atomic mass is 10.0. The van der Waals surface area contributed by atoms with E-state index < -0.39 is 24.1 Å². The van der Waals surface area contributed by atoms with Crippen molar-refractivity contribution >= 4 is 23.7 Å². The van der Waals surface area contributed by atoms with E-state index in [4.69, 9.17) is 9.90 Å². The molecule has 0 spiro atoms. The van der Waals surface area contributed by atoms with Crippen LogP contribution in [0.1, 0.15) is 34.5 Å². The second-order valence-corrected chi connectivity index (χ2v) is 8.25. The van der Waals surface area contributed by atoms with Crippen molar-refractivity contribution in [3.8, 4) is 5.69 Å². The van der Waals surface area contributed by atoms with E-state index in [0.717, 1.165) is 29.9 Å². The summed E-state index contributed by atoms with van der Waals surface area (Å²) in [6, 6.07) is 4.96. The number of likely N-dealkylation sites (N-methyl/N-ethyl adjacent to an activating group) is 1. The number of hydrogen-bond acceptors (Lipinski definition) is 7. The largest absolute Gasteiger partial charge is 0.490 e. The van der Waals surface area contributed by atoms with Gasteiger partial charge in [0.25, 0.3) is 5.91 Å². The van der Waals surface area contributed by atoms with Crippen molar-refractivity contribution in [2.45, 2.75) is 38.0 Å². The first kappa shape index (κ1) is 25.8. The Labute approximate surface area is 197 Å². The number of benzene rings is 1. The Hall–Kier alpha value is -3.81. The number of nitrogens with one attached hydrogen (secondary N) is 1. The molecule has 0 bridgehead atoms. The third kappa shape index (κ3) is 6.20. The number of piperidine rings is 1. The number of carboxylic acid groups (broad SMARTS) is 1. The summed E-state index contributed by atoms with van der Waals surface area (Å²) in [5.41, 5.74) is 3.06. The summed E-state index contributed by atoms with van der Waals surface area (Å²) >= 11 is 0. The molecule has 1 fully saturated rings. The quantitative estimate of drug-likeness (QED) is 0.579. The average Bonchev–Trinajstić information content (AvgIpc) is 3.37. The third-order valence-corrected chi connectivity index (χ3v) is 5.37. The zero-order valence-electron chi connectivity index (χ0n) is 18.9. The van der Waals surface area contributed by atoms with Gasteiger partial charge in [-0.25, -0.2) is 9.48 Å². The molecule has 1 unspecified atom stereocenters. The van der Waals surface area contributed by atoms with Crippen LogP contribution in [0.25, 0.3) is 5.69 Å². The number of aromatic nitrogens is 3. The zero-order chi connectivity index (χ0) is 25.9. The molecule has 35 heavy (non-hydrogen) atoms. The number of imide groups is 1. The number of alkyl halides is 3. The highest BCUT2D eigenvalue weighted by molar-refractivity contribution is 6.05. The van der Waals surface area contributed by atoms with Crippen molar-refractivity contribution in [3.05, 3.63) is 41.2 Å². The molecule has 1 aromatic heterocycles. The van der Waals surface area contributed by atoms with Gasteiger partial charge < -0.3 is 14.9 Å². The van der Waals surface area contributed by atoms with Crippen LogP contribution in [0.15, 0.2) is 24.4 Å². The van der Waals surface area contributed by atoms with Crippen molar-refractivity contribution in [3.63, 3.8) is 0 Å². The lowest BCUT2D eigenvalue weighted by Crippen LogP contribution is -2.52. The fourth-order valence-electron chi connectivity index (χ4n) is 3.56. The minimum atomic E-state index is -5.08. The van der Waals surface area contributed by atoms with Gasteiger partial charge in [0.2, 0.25) is 11.8 Å². The molecule has 4 rings (SSSR count). The number of amides is 3. The van der Waals surface area contributed by atoms with Gasteiger partial charge in [0, 0.05) is 31.5 Å². The van der Waals surface area contributed by atoms with Gasteiger partial charge in [0.15, 0.2) is 0 Å². The molecular formula is C21H23F3N6O5. The molecule has 11 nitrogen and oxygen atoms in total. The fourth-order valence-corrected chi connectivity index (χ4v) is 3.56. The molecule has 1 saturated heterocycles. The van der Waals surface area contributed by atoms with E-state index in [9.17, 15) is 27.6 Å². The second kappa shape index (κ2) is 10.2. The molecule has 2 N–H and O–H groups in total. The van der Waals surface area contributed by atoms with Gasteiger partial charge in [0.05, 0.1) is 17.6 Å². The molecule has 188 valence electrons. The monoisotopic (exact) mass is 496 g/mol. The Balaban J connectivity index is 0.000000429. The SMILES string of the molecule is CN(C)CCc1cn(-c2ccc3c(c2)C(=O)N(C2CCC(=O)NC2=O)C3)nn1.O=C(O)C(F)(F)F. The van der Waals surface area contributed by atoms with Crippen LogP contribution in [0.5, 0.6) is 0 Å². The number of hydrogen-bond donors (Lipinski definition) is 2. The number of carbonyl (C=O) groups is 4. The maximum Gasteiger partial charge on any atom is 0.490 e. The highest BCUT2D eigenvalue weighted by Gasteiger charge is 2.39. The third-order valence-electron chi connectivity index (χ3n) is 5.37. The molecule has 2 aliphatic heterocycles. The van der Waals surface area contributed by atoms with Crippen molar-refractivity contribution in [1.29, 1.82) is 0 Å². The van der Waals surface area contributed by atoms with Crippen LogP contribution >= 0.6 is 0 Å². The van der Waals surface area contributed by atoms with Crippen LogP contribution in [0.3, 0.4) is 0 Å². The molecule has 0 radical (unpaired) electrons. The van der Waals surface area contributed by atoms with Crippen molar-refractivity contribution in [2.75, 3.05) is 20.6 Å². The normalized spacial score (nSPS) is 17.7. The molecule has 3 amide bonds. The van der Waals surface area contributed by atoms with Crippen LogP contribution in [-0.2, 0) is 27.3 Å². The molecular weight excluding hydrogens is 473 g/mol. The maximum atomic E-state index is 12.9. The minimum Gasteiger partial charge on any atom is -0.475 e. The smallest absolute Gasteiger partial charge is 0.475 e. The van der Waals surface area contributed by atoms with Gasteiger partial charge in [-0.1, -0.05) is 11.3 Å². The highest BCUT2D eigenvalue weighted by atomic mass is 19.4. The molecule has 0 saturated carbocycles. The van der Waals surface area contributed by atoms with Gasteiger partial charge in [-0.15, -0.1) is 5.10 Å². The molecule has 1 atom stereocenters. The first-order chi connectivity index (χ1) is 16.4. The number of aliphatic carboxylic acids is 1. The summed E-state index contributed by atoms with van der Waals surface area (Å²) in [5, 5.41) is 17.8. The second-order valence-electron chi connectivity index (χ2n) is 8.25. The van der Waals surface area contributed by atoms with Gasteiger partial charge in [-0.2, -0.15) is 13.2 Å². The number of rotatable bonds is 5. The van der Waals surface area contributed by atoms with E-state index in [1.165, 1.54) is 0 Å². The van der Waals surface area contributed by atoms with Crippen LogP contribution in [0.2, 0.25) is 0 Å². The Kier molecular flexibility index (Phi) is 7.53. The van der Waals surface area contributed by atoms with Crippen molar-refractivity contribution in [2.24, 2.45) is 0 Å². The highest BCUT2D eigenvalue weighted by Crippen LogP contribution is 2.29. The van der Waals surface area contributed by atoms with E-state index in [2.05, 4.69) is 20.5 Å². The Morgan fingerprint density at radius 3 is 2.54 bits per heavy atom. The van der Waals surface area contributed by atoms with Crippen LogP contribution in [0, 0.1) is 0 Å². The van der Waals surface area contributed by atoms with Crippen molar-refractivity contribution < 1.29 is 37.5 Å². The summed E-state index contributed by atoms with van der Waals surface area (Å²) in [5.74, 6) is -3.64. The summed E-state index contributed by atoms with van der Waals surface area (Å²) in [6.45, 7) is 1.24. The summed E-state index contributed by atoms with van der Waals surface area (Å²) in [6.07, 6.45) is -1.82. The topological polar surface area (TPSA) is 138 Å². The van der Waals surface area contributed by atoms with Crippen LogP contribution < -0.4 is 5.32 Å². The lowest BCUT2D eigenvalue weighted by molar-refractivity contribution is -0.192. The Morgan fingerprint density at radius 2 is 1.94 bits per heavy atom. The van der Waals surface area contributed by atoms with Crippen LogP contribution in [0.4, 0.5) is 13.2 Å². The number of halogens is 3. The summed E-state index contributed by atoms with van der Waals surface area (Å²) in [4.78, 5) is 48.9. The lowest BCUT2D eigenvalue weighted by Gasteiger charge is -2.29. The van der Waals surface area contributed by atoms with Gasteiger partial charge in [-0.05, 0) is 38.2 Å². The molecule has 1 aromatic carbocycles. The average molecular weight is 496 g/mol. The molecule has 3 heterocycles. The molecule has 0 aliphatic carbocycles. The number of carbonyl (C=O) groups excluding carboxylic acids is 3. The number of fused-ring (bicyclic) bond motifs is 1. The summed E-state index contributed by atoms with van der Waals surface area (Å²) in [7, 11) is 4.01. The minimum absolute atomic E-state index is 0.195. The van der Waals surface area contributed by atoms with Gasteiger partial charge >= 0.3 is 12.1 Å². The number of carboxylic acids is 1. The summed E-state index contributed by atoms with van der Waals surface area (Å²) < 4.78 is 33.4.